The molecule has 3 rings (SSSR count). The summed E-state index contributed by atoms with van der Waals surface area (Å²) in [6.45, 7) is 4.85. The normalized spacial score (nSPS) is 22.9. The quantitative estimate of drug-likeness (QED) is 0.900. The molecule has 21 heavy (non-hydrogen) atoms. The average molecular weight is 287 g/mol. The highest BCUT2D eigenvalue weighted by Gasteiger charge is 2.31. The summed E-state index contributed by atoms with van der Waals surface area (Å²) >= 11 is 0. The third kappa shape index (κ3) is 3.30. The third-order valence-electron chi connectivity index (χ3n) is 4.31. The molecule has 2 heterocycles. The summed E-state index contributed by atoms with van der Waals surface area (Å²) in [5, 5.41) is 3.68. The van der Waals surface area contributed by atoms with Crippen LogP contribution in [0, 0.1) is 0 Å². The molecule has 1 aromatic rings. The zero-order chi connectivity index (χ0) is 14.5. The van der Waals surface area contributed by atoms with Crippen LogP contribution in [0.2, 0.25) is 0 Å². The molecule has 3 nitrogen and oxygen atoms in total. The van der Waals surface area contributed by atoms with Crippen molar-refractivity contribution >= 4 is 0 Å². The van der Waals surface area contributed by atoms with Crippen molar-refractivity contribution in [2.24, 2.45) is 0 Å². The molecule has 0 fully saturated rings. The molecule has 2 aliphatic heterocycles. The van der Waals surface area contributed by atoms with Gasteiger partial charge in [-0.1, -0.05) is 31.2 Å². The standard InChI is InChI=1S/C18H25NO2/c1-2-10-19-17(15-7-5-11-20-13-15)18-16-8-4-3-6-14(16)9-12-21-18/h3-4,6,8,13,17-19H,2,5,7,9-12H2,1H3. The molecule has 0 amide bonds. The molecular weight excluding hydrogens is 262 g/mol. The average Bonchev–Trinajstić information content (AvgIpc) is 2.56. The Morgan fingerprint density at radius 3 is 2.95 bits per heavy atom. The number of benzene rings is 1. The van der Waals surface area contributed by atoms with Crippen LogP contribution in [0.4, 0.5) is 0 Å². The predicted molar refractivity (Wildman–Crippen MR) is 84.2 cm³/mol. The van der Waals surface area contributed by atoms with Crippen molar-refractivity contribution in [3.63, 3.8) is 0 Å². The number of hydrogen-bond donors (Lipinski definition) is 1. The molecule has 0 saturated heterocycles. The van der Waals surface area contributed by atoms with E-state index < -0.39 is 0 Å². The van der Waals surface area contributed by atoms with Gasteiger partial charge in [-0.05, 0) is 48.9 Å². The van der Waals surface area contributed by atoms with Crippen molar-refractivity contribution < 1.29 is 9.47 Å². The molecule has 3 heteroatoms. The molecule has 0 spiro atoms. The van der Waals surface area contributed by atoms with Gasteiger partial charge in [0.25, 0.3) is 0 Å². The minimum Gasteiger partial charge on any atom is -0.501 e. The number of ether oxygens (including phenoxy) is 2. The summed E-state index contributed by atoms with van der Waals surface area (Å²) < 4.78 is 11.7. The van der Waals surface area contributed by atoms with Gasteiger partial charge in [-0.15, -0.1) is 0 Å². The topological polar surface area (TPSA) is 30.5 Å². The van der Waals surface area contributed by atoms with Gasteiger partial charge in [0.05, 0.1) is 25.5 Å². The lowest BCUT2D eigenvalue weighted by Crippen LogP contribution is -2.41. The first-order valence-electron chi connectivity index (χ1n) is 8.13. The first kappa shape index (κ1) is 14.6. The highest BCUT2D eigenvalue weighted by molar-refractivity contribution is 5.34. The second-order valence-electron chi connectivity index (χ2n) is 5.84. The number of hydrogen-bond acceptors (Lipinski definition) is 3. The molecule has 0 aromatic heterocycles. The summed E-state index contributed by atoms with van der Waals surface area (Å²) in [7, 11) is 0. The Labute approximate surface area is 127 Å². The van der Waals surface area contributed by atoms with Gasteiger partial charge in [0.15, 0.2) is 0 Å². The van der Waals surface area contributed by atoms with Gasteiger partial charge in [-0.2, -0.15) is 0 Å². The maximum atomic E-state index is 6.16. The Morgan fingerprint density at radius 2 is 2.14 bits per heavy atom. The van der Waals surface area contributed by atoms with Crippen LogP contribution in [-0.2, 0) is 15.9 Å². The maximum absolute atomic E-state index is 6.16. The van der Waals surface area contributed by atoms with Crippen molar-refractivity contribution in [2.75, 3.05) is 19.8 Å². The molecule has 0 radical (unpaired) electrons. The molecule has 1 N–H and O–H groups in total. The molecule has 114 valence electrons. The number of nitrogens with one attached hydrogen (secondary N) is 1. The smallest absolute Gasteiger partial charge is 0.102 e. The van der Waals surface area contributed by atoms with E-state index in [1.165, 1.54) is 16.7 Å². The van der Waals surface area contributed by atoms with E-state index >= 15 is 0 Å². The fourth-order valence-corrected chi connectivity index (χ4v) is 3.25. The van der Waals surface area contributed by atoms with Crippen molar-refractivity contribution in [3.05, 3.63) is 47.2 Å². The first-order valence-corrected chi connectivity index (χ1v) is 8.13. The molecule has 1 aromatic carbocycles. The van der Waals surface area contributed by atoms with Crippen molar-refractivity contribution in [1.29, 1.82) is 0 Å². The van der Waals surface area contributed by atoms with Crippen LogP contribution in [-0.4, -0.2) is 25.8 Å². The van der Waals surface area contributed by atoms with Gasteiger partial charge < -0.3 is 14.8 Å². The van der Waals surface area contributed by atoms with Crippen molar-refractivity contribution in [1.82, 2.24) is 5.32 Å². The Hall–Kier alpha value is -1.32. The summed E-state index contributed by atoms with van der Waals surface area (Å²) in [6.07, 6.45) is 6.40. The van der Waals surface area contributed by atoms with Gasteiger partial charge in [0.1, 0.15) is 6.10 Å². The molecule has 0 aliphatic carbocycles. The van der Waals surface area contributed by atoms with Crippen molar-refractivity contribution in [2.45, 2.75) is 44.8 Å². The van der Waals surface area contributed by atoms with Gasteiger partial charge >= 0.3 is 0 Å². The van der Waals surface area contributed by atoms with Crippen LogP contribution in [0.15, 0.2) is 36.1 Å². The van der Waals surface area contributed by atoms with Crippen LogP contribution < -0.4 is 5.32 Å². The van der Waals surface area contributed by atoms with Crippen LogP contribution in [0.25, 0.3) is 0 Å². The minimum atomic E-state index is 0.106. The fourth-order valence-electron chi connectivity index (χ4n) is 3.25. The Morgan fingerprint density at radius 1 is 1.24 bits per heavy atom. The van der Waals surface area contributed by atoms with Crippen LogP contribution >= 0.6 is 0 Å². The fraction of sp³-hybridized carbons (Fsp3) is 0.556. The van der Waals surface area contributed by atoms with E-state index in [1.54, 1.807) is 0 Å². The van der Waals surface area contributed by atoms with Crippen LogP contribution in [0.1, 0.15) is 43.4 Å². The second-order valence-corrected chi connectivity index (χ2v) is 5.84. The number of fused-ring (bicyclic) bond motifs is 1. The monoisotopic (exact) mass is 287 g/mol. The largest absolute Gasteiger partial charge is 0.501 e. The van der Waals surface area contributed by atoms with Gasteiger partial charge in [0, 0.05) is 0 Å². The molecular formula is C18H25NO2. The second kappa shape index (κ2) is 7.10. The van der Waals surface area contributed by atoms with Gasteiger partial charge in [0.2, 0.25) is 0 Å². The van der Waals surface area contributed by atoms with E-state index in [0.29, 0.717) is 0 Å². The zero-order valence-corrected chi connectivity index (χ0v) is 12.8. The molecule has 0 saturated carbocycles. The Balaban J connectivity index is 1.87. The predicted octanol–water partition coefficient (Wildman–Crippen LogP) is 3.36. The van der Waals surface area contributed by atoms with E-state index in [9.17, 15) is 0 Å². The molecule has 0 bridgehead atoms. The van der Waals surface area contributed by atoms with Crippen LogP contribution in [0.5, 0.6) is 0 Å². The SMILES string of the molecule is CCCNC(C1=COCCC1)C1OCCc2ccccc21. The molecule has 2 atom stereocenters. The Bertz CT molecular complexity index is 498. The lowest BCUT2D eigenvalue weighted by atomic mass is 9.88. The third-order valence-corrected chi connectivity index (χ3v) is 4.31. The highest BCUT2D eigenvalue weighted by Crippen LogP contribution is 2.34. The van der Waals surface area contributed by atoms with E-state index in [1.807, 2.05) is 6.26 Å². The summed E-state index contributed by atoms with van der Waals surface area (Å²) in [5.74, 6) is 0. The minimum absolute atomic E-state index is 0.106. The molecule has 2 aliphatic rings. The summed E-state index contributed by atoms with van der Waals surface area (Å²) in [4.78, 5) is 0. The van der Waals surface area contributed by atoms with Crippen LogP contribution in [0.3, 0.4) is 0 Å². The highest BCUT2D eigenvalue weighted by atomic mass is 16.5. The maximum Gasteiger partial charge on any atom is 0.102 e. The molecule has 2 unspecified atom stereocenters. The Kier molecular flexibility index (Phi) is 4.94. The van der Waals surface area contributed by atoms with E-state index in [0.717, 1.165) is 45.4 Å². The number of rotatable bonds is 5. The van der Waals surface area contributed by atoms with E-state index in [-0.39, 0.29) is 12.1 Å². The summed E-state index contributed by atoms with van der Waals surface area (Å²) in [5.41, 5.74) is 4.11. The van der Waals surface area contributed by atoms with E-state index in [4.69, 9.17) is 9.47 Å². The lowest BCUT2D eigenvalue weighted by Gasteiger charge is -2.35. The lowest BCUT2D eigenvalue weighted by molar-refractivity contribution is 0.0211. The van der Waals surface area contributed by atoms with Gasteiger partial charge in [-0.3, -0.25) is 0 Å². The van der Waals surface area contributed by atoms with Crippen molar-refractivity contribution in [3.8, 4) is 0 Å². The van der Waals surface area contributed by atoms with E-state index in [2.05, 4.69) is 36.5 Å². The summed E-state index contributed by atoms with van der Waals surface area (Å²) in [6, 6.07) is 8.91. The van der Waals surface area contributed by atoms with Gasteiger partial charge in [-0.25, -0.2) is 0 Å². The zero-order valence-electron chi connectivity index (χ0n) is 12.8. The first-order chi connectivity index (χ1) is 10.4.